The number of nitrogens with zero attached hydrogens (tertiary/aromatic N) is 3. The molecule has 1 aliphatic heterocycles. The molecule has 0 aliphatic carbocycles. The van der Waals surface area contributed by atoms with Crippen LogP contribution in [0.4, 0.5) is 19.3 Å². The Kier molecular flexibility index (Phi) is 4.28. The summed E-state index contributed by atoms with van der Waals surface area (Å²) >= 11 is 0. The van der Waals surface area contributed by atoms with E-state index in [1.807, 2.05) is 0 Å². The summed E-state index contributed by atoms with van der Waals surface area (Å²) in [6.07, 6.45) is 0.904. The molecule has 9 heteroatoms. The fourth-order valence-corrected chi connectivity index (χ4v) is 2.59. The normalized spacial score (nSPS) is 17.0. The second-order valence-electron chi connectivity index (χ2n) is 5.81. The molecule has 0 fully saturated rings. The van der Waals surface area contributed by atoms with Gasteiger partial charge >= 0.3 is 6.03 Å². The fraction of sp³-hybridized carbons (Fsp3) is 0.222. The number of carbonyl (C=O) groups excluding carboxylic acids is 2. The van der Waals surface area contributed by atoms with Crippen LogP contribution in [-0.4, -0.2) is 28.4 Å². The largest absolute Gasteiger partial charge is 0.346 e. The second-order valence-corrected chi connectivity index (χ2v) is 5.81. The summed E-state index contributed by atoms with van der Waals surface area (Å²) in [6, 6.07) is 4.37. The number of hydrogen-bond donors (Lipinski definition) is 2. The minimum Gasteiger partial charge on any atom is -0.346 e. The van der Waals surface area contributed by atoms with Crippen LogP contribution in [-0.2, 0) is 11.3 Å². The molecule has 2 heterocycles. The van der Waals surface area contributed by atoms with E-state index < -0.39 is 42.7 Å². The van der Waals surface area contributed by atoms with Crippen molar-refractivity contribution in [2.75, 3.05) is 11.9 Å². The molecule has 2 N–H and O–H groups in total. The Morgan fingerprint density at radius 3 is 3.00 bits per heavy atom. The third kappa shape index (κ3) is 4.00. The number of anilines is 1. The number of aromatic nitrogens is 1. The number of pyridine rings is 1. The lowest BCUT2D eigenvalue weighted by molar-refractivity contribution is -0.122. The van der Waals surface area contributed by atoms with Gasteiger partial charge in [-0.05, 0) is 36.8 Å². The van der Waals surface area contributed by atoms with E-state index in [2.05, 4.69) is 15.6 Å². The number of nitriles is 1. The van der Waals surface area contributed by atoms with Crippen molar-refractivity contribution in [3.63, 3.8) is 0 Å². The van der Waals surface area contributed by atoms with E-state index in [-0.39, 0.29) is 22.5 Å². The third-order valence-corrected chi connectivity index (χ3v) is 3.82. The summed E-state index contributed by atoms with van der Waals surface area (Å²) in [4.78, 5) is 29.1. The summed E-state index contributed by atoms with van der Waals surface area (Å²) < 4.78 is 43.2. The maximum Gasteiger partial charge on any atom is 0.322 e. The maximum atomic E-state index is 13.5. The molecule has 1 aromatic heterocycles. The zero-order chi connectivity index (χ0) is 21.3. The van der Waals surface area contributed by atoms with Gasteiger partial charge in [0.2, 0.25) is 5.91 Å². The number of halogens is 2. The summed E-state index contributed by atoms with van der Waals surface area (Å²) in [5.41, 5.74) is 0.0551. The van der Waals surface area contributed by atoms with Gasteiger partial charge in [-0.2, -0.15) is 5.26 Å². The van der Waals surface area contributed by atoms with Crippen molar-refractivity contribution in [3.05, 3.63) is 58.9 Å². The molecule has 0 unspecified atom stereocenters. The molecule has 3 amide bonds. The Hall–Kier alpha value is -3.54. The van der Waals surface area contributed by atoms with Gasteiger partial charge in [-0.1, -0.05) is 0 Å². The summed E-state index contributed by atoms with van der Waals surface area (Å²) in [5.74, 6) is -2.13. The van der Waals surface area contributed by atoms with Crippen molar-refractivity contribution in [1.82, 2.24) is 15.2 Å². The highest BCUT2D eigenvalue weighted by Crippen LogP contribution is 2.24. The van der Waals surface area contributed by atoms with E-state index >= 15 is 0 Å². The van der Waals surface area contributed by atoms with E-state index in [9.17, 15) is 18.4 Å². The molecule has 138 valence electrons. The first-order chi connectivity index (χ1) is 13.6. The Morgan fingerprint density at radius 1 is 1.48 bits per heavy atom. The number of fused-ring (bicyclic) bond motifs is 1. The van der Waals surface area contributed by atoms with Crippen molar-refractivity contribution >= 4 is 17.6 Å². The minimum atomic E-state index is -2.44. The summed E-state index contributed by atoms with van der Waals surface area (Å²) in [5, 5.41) is 14.0. The van der Waals surface area contributed by atoms with E-state index in [0.717, 1.165) is 24.4 Å². The molecule has 0 saturated carbocycles. The van der Waals surface area contributed by atoms with Crippen LogP contribution in [0.15, 0.2) is 30.5 Å². The fourth-order valence-electron chi connectivity index (χ4n) is 2.59. The van der Waals surface area contributed by atoms with Gasteiger partial charge in [0.25, 0.3) is 0 Å². The molecular formula is C18H15F2N5O2. The molecule has 27 heavy (non-hydrogen) atoms. The van der Waals surface area contributed by atoms with Gasteiger partial charge in [0.05, 0.1) is 32.7 Å². The van der Waals surface area contributed by atoms with Crippen molar-refractivity contribution < 1.29 is 21.1 Å². The number of urea groups is 1. The van der Waals surface area contributed by atoms with Crippen LogP contribution in [0.1, 0.15) is 32.5 Å². The lowest BCUT2D eigenvalue weighted by Crippen LogP contribution is -2.45. The van der Waals surface area contributed by atoms with Crippen molar-refractivity contribution in [2.24, 2.45) is 0 Å². The molecule has 2 aromatic rings. The highest BCUT2D eigenvalue weighted by Gasteiger charge is 2.25. The molecule has 7 nitrogen and oxygen atoms in total. The first-order valence-electron chi connectivity index (χ1n) is 8.87. The average molecular weight is 373 g/mol. The first kappa shape index (κ1) is 15.7. The zero-order valence-corrected chi connectivity index (χ0v) is 14.1. The predicted octanol–water partition coefficient (Wildman–Crippen LogP) is 2.46. The number of benzene rings is 1. The van der Waals surface area contributed by atoms with Gasteiger partial charge in [0, 0.05) is 5.69 Å². The van der Waals surface area contributed by atoms with E-state index in [1.165, 1.54) is 13.0 Å². The Bertz CT molecular complexity index is 1040. The van der Waals surface area contributed by atoms with Gasteiger partial charge in [0.1, 0.15) is 24.2 Å². The summed E-state index contributed by atoms with van der Waals surface area (Å²) in [7, 11) is 0. The second kappa shape index (κ2) is 7.37. The van der Waals surface area contributed by atoms with E-state index in [1.54, 1.807) is 6.07 Å². The van der Waals surface area contributed by atoms with Crippen molar-refractivity contribution in [2.45, 2.75) is 19.5 Å². The van der Waals surface area contributed by atoms with E-state index in [4.69, 9.17) is 8.00 Å². The van der Waals surface area contributed by atoms with Gasteiger partial charge < -0.3 is 15.5 Å². The van der Waals surface area contributed by atoms with Crippen LogP contribution >= 0.6 is 0 Å². The highest BCUT2D eigenvalue weighted by atomic mass is 19.1. The van der Waals surface area contributed by atoms with Crippen LogP contribution in [0, 0.1) is 23.0 Å². The SMILES string of the molecule is [2H]C1([2H])c2cc(F)ccc2NC(=O)N1CC(=O)N[C@H](C)c1ncc(F)cc1C#N. The number of carbonyl (C=O) groups is 2. The molecule has 3 rings (SSSR count). The van der Waals surface area contributed by atoms with Gasteiger partial charge in [-0.3, -0.25) is 9.78 Å². The lowest BCUT2D eigenvalue weighted by Gasteiger charge is -2.29. The molecule has 0 radical (unpaired) electrons. The molecule has 0 bridgehead atoms. The predicted molar refractivity (Wildman–Crippen MR) is 91.3 cm³/mol. The Labute approximate surface area is 156 Å². The third-order valence-electron chi connectivity index (χ3n) is 3.82. The molecule has 0 spiro atoms. The zero-order valence-electron chi connectivity index (χ0n) is 16.1. The average Bonchev–Trinajstić information content (AvgIpc) is 2.65. The number of nitrogens with one attached hydrogen (secondary N) is 2. The van der Waals surface area contributed by atoms with Crippen molar-refractivity contribution in [3.8, 4) is 6.07 Å². The minimum absolute atomic E-state index is 0.0618. The van der Waals surface area contributed by atoms with Crippen LogP contribution < -0.4 is 10.6 Å². The molecule has 1 aliphatic rings. The molecular weight excluding hydrogens is 356 g/mol. The topological polar surface area (TPSA) is 98.1 Å². The Morgan fingerprint density at radius 2 is 2.26 bits per heavy atom. The quantitative estimate of drug-likeness (QED) is 0.860. The van der Waals surface area contributed by atoms with Crippen LogP contribution in [0.3, 0.4) is 0 Å². The van der Waals surface area contributed by atoms with Crippen molar-refractivity contribution in [1.29, 1.82) is 5.26 Å². The highest BCUT2D eigenvalue weighted by molar-refractivity contribution is 5.94. The summed E-state index contributed by atoms with van der Waals surface area (Å²) in [6.45, 7) is -1.61. The Balaban J connectivity index is 1.78. The van der Waals surface area contributed by atoms with Gasteiger partial charge in [-0.25, -0.2) is 13.6 Å². The van der Waals surface area contributed by atoms with Gasteiger partial charge in [0.15, 0.2) is 0 Å². The number of amides is 3. The molecule has 1 aromatic carbocycles. The lowest BCUT2D eigenvalue weighted by atomic mass is 10.1. The van der Waals surface area contributed by atoms with Crippen LogP contribution in [0.25, 0.3) is 0 Å². The number of rotatable bonds is 4. The monoisotopic (exact) mass is 373 g/mol. The van der Waals surface area contributed by atoms with E-state index in [0.29, 0.717) is 4.90 Å². The van der Waals surface area contributed by atoms with Gasteiger partial charge in [-0.15, -0.1) is 0 Å². The maximum absolute atomic E-state index is 13.5. The standard InChI is InChI=1S/C18H15F2N5O2/c1-10(17-11(6-21)4-14(20)7-22-17)23-16(26)9-25-8-12-5-13(19)2-3-15(12)24-18(25)27/h2-5,7,10H,8-9H2,1H3,(H,23,26)(H,24,27)/t10-/m1/s1/i8D2. The molecule has 0 saturated heterocycles. The van der Waals surface area contributed by atoms with Crippen LogP contribution in [0.2, 0.25) is 0 Å². The van der Waals surface area contributed by atoms with Crippen LogP contribution in [0.5, 0.6) is 0 Å². The smallest absolute Gasteiger partial charge is 0.322 e. The number of hydrogen-bond acceptors (Lipinski definition) is 4. The first-order valence-corrected chi connectivity index (χ1v) is 7.87. The molecule has 1 atom stereocenters.